The number of fused-ring (bicyclic) bond motifs is 2. The molecule has 0 aliphatic carbocycles. The van der Waals surface area contributed by atoms with E-state index in [1.807, 2.05) is 36.4 Å². The lowest BCUT2D eigenvalue weighted by atomic mass is 10.0. The summed E-state index contributed by atoms with van der Waals surface area (Å²) in [5.41, 5.74) is 3.96. The molecule has 9 heteroatoms. The Morgan fingerprint density at radius 1 is 1.09 bits per heavy atom. The largest absolute Gasteiger partial charge is 0.454 e. The number of nitrogens with zero attached hydrogens (tertiary/aromatic N) is 4. The molecular weight excluding hydrogens is 474 g/mol. The van der Waals surface area contributed by atoms with E-state index in [9.17, 15) is 8.78 Å². The molecule has 1 atom stereocenters. The van der Waals surface area contributed by atoms with Crippen LogP contribution in [0.1, 0.15) is 29.4 Å². The van der Waals surface area contributed by atoms with E-state index in [1.165, 1.54) is 24.3 Å². The molecule has 0 aliphatic heterocycles. The Hall–Kier alpha value is -3.43. The second kappa shape index (κ2) is 8.41. The molecule has 170 valence electrons. The average Bonchev–Trinajstić information content (AvgIpc) is 3.59. The van der Waals surface area contributed by atoms with E-state index in [4.69, 9.17) is 9.40 Å². The molecule has 4 aromatic heterocycles. The minimum atomic E-state index is -1.15. The summed E-state index contributed by atoms with van der Waals surface area (Å²) in [5.74, 6) is 0.176. The van der Waals surface area contributed by atoms with Crippen LogP contribution in [-0.2, 0) is 12.8 Å². The number of alkyl halides is 1. The van der Waals surface area contributed by atoms with Crippen molar-refractivity contribution in [3.63, 3.8) is 0 Å². The second-order valence-electron chi connectivity index (χ2n) is 8.01. The van der Waals surface area contributed by atoms with E-state index in [0.29, 0.717) is 39.8 Å². The van der Waals surface area contributed by atoms with Crippen LogP contribution in [0.3, 0.4) is 0 Å². The molecule has 0 fully saturated rings. The number of hydrogen-bond donors (Lipinski definition) is 0. The zero-order chi connectivity index (χ0) is 23.2. The van der Waals surface area contributed by atoms with Gasteiger partial charge < -0.3 is 4.42 Å². The first-order valence-electron chi connectivity index (χ1n) is 10.8. The Kier molecular flexibility index (Phi) is 5.23. The molecular formula is C25H18F2N4OS2. The van der Waals surface area contributed by atoms with Crippen LogP contribution in [0, 0.1) is 5.82 Å². The third-order valence-corrected chi connectivity index (χ3v) is 7.58. The first kappa shape index (κ1) is 21.1. The highest BCUT2D eigenvalue weighted by Crippen LogP contribution is 2.33. The molecule has 0 bridgehead atoms. The number of thiazole rings is 1. The number of rotatable bonds is 6. The van der Waals surface area contributed by atoms with E-state index >= 15 is 0 Å². The Labute approximate surface area is 201 Å². The summed E-state index contributed by atoms with van der Waals surface area (Å²) in [4.78, 5) is 9.84. The van der Waals surface area contributed by atoms with E-state index in [0.717, 1.165) is 27.2 Å². The van der Waals surface area contributed by atoms with Gasteiger partial charge in [0.05, 0.1) is 11.9 Å². The minimum Gasteiger partial charge on any atom is -0.454 e. The summed E-state index contributed by atoms with van der Waals surface area (Å²) in [6, 6.07) is 14.9. The summed E-state index contributed by atoms with van der Waals surface area (Å²) in [6.07, 6.45) is 1.87. The summed E-state index contributed by atoms with van der Waals surface area (Å²) >= 11 is 2.81. The van der Waals surface area contributed by atoms with Crippen LogP contribution in [0.25, 0.3) is 38.0 Å². The zero-order valence-corrected chi connectivity index (χ0v) is 19.7. The number of aryl methyl sites for hydroxylation is 2. The van der Waals surface area contributed by atoms with Gasteiger partial charge in [0, 0.05) is 22.4 Å². The van der Waals surface area contributed by atoms with Crippen LogP contribution in [0.5, 0.6) is 0 Å². The van der Waals surface area contributed by atoms with Gasteiger partial charge >= 0.3 is 0 Å². The molecule has 0 N–H and O–H groups in total. The molecule has 0 aliphatic rings. The van der Waals surface area contributed by atoms with Crippen molar-refractivity contribution in [3.8, 4) is 22.0 Å². The number of furan rings is 1. The molecule has 0 amide bonds. The van der Waals surface area contributed by atoms with Crippen molar-refractivity contribution >= 4 is 38.6 Å². The number of halogens is 2. The monoisotopic (exact) mass is 492 g/mol. The van der Waals surface area contributed by atoms with Crippen LogP contribution in [0.15, 0.2) is 64.5 Å². The number of hydrogen-bond acceptors (Lipinski definition) is 6. The SMILES string of the molecule is C[C@H](F)c1nn2cc(-c3cc4c(CCc5csc(-c6ccccc6)n5)cc(F)cc4o3)nc2s1. The van der Waals surface area contributed by atoms with Gasteiger partial charge in [0.25, 0.3) is 0 Å². The highest BCUT2D eigenvalue weighted by molar-refractivity contribution is 7.16. The quantitative estimate of drug-likeness (QED) is 0.245. The van der Waals surface area contributed by atoms with E-state index in [2.05, 4.69) is 15.5 Å². The maximum absolute atomic E-state index is 14.4. The van der Waals surface area contributed by atoms with Crippen molar-refractivity contribution in [1.29, 1.82) is 0 Å². The van der Waals surface area contributed by atoms with Crippen LogP contribution >= 0.6 is 22.7 Å². The fourth-order valence-corrected chi connectivity index (χ4v) is 5.57. The molecule has 0 saturated carbocycles. The number of benzene rings is 2. The van der Waals surface area contributed by atoms with Crippen LogP contribution in [-0.4, -0.2) is 19.6 Å². The summed E-state index contributed by atoms with van der Waals surface area (Å²) in [5, 5.41) is 8.47. The van der Waals surface area contributed by atoms with Gasteiger partial charge in [-0.15, -0.1) is 11.3 Å². The first-order chi connectivity index (χ1) is 16.5. The van der Waals surface area contributed by atoms with Crippen molar-refractivity contribution in [2.75, 3.05) is 0 Å². The fourth-order valence-electron chi connectivity index (χ4n) is 3.90. The lowest BCUT2D eigenvalue weighted by Gasteiger charge is -2.02. The Morgan fingerprint density at radius 2 is 1.94 bits per heavy atom. The molecule has 0 unspecified atom stereocenters. The molecule has 0 spiro atoms. The highest BCUT2D eigenvalue weighted by Gasteiger charge is 2.18. The van der Waals surface area contributed by atoms with Crippen molar-refractivity contribution in [2.24, 2.45) is 0 Å². The molecule has 0 saturated heterocycles. The van der Waals surface area contributed by atoms with Gasteiger partial charge in [0.15, 0.2) is 16.9 Å². The Morgan fingerprint density at radius 3 is 2.74 bits per heavy atom. The Bertz CT molecular complexity index is 1580. The second-order valence-corrected chi connectivity index (χ2v) is 9.85. The summed E-state index contributed by atoms with van der Waals surface area (Å²) in [7, 11) is 0. The predicted molar refractivity (Wildman–Crippen MR) is 131 cm³/mol. The molecule has 6 aromatic rings. The smallest absolute Gasteiger partial charge is 0.212 e. The van der Waals surface area contributed by atoms with Crippen LogP contribution in [0.2, 0.25) is 0 Å². The van der Waals surface area contributed by atoms with Gasteiger partial charge in [-0.25, -0.2) is 23.3 Å². The van der Waals surface area contributed by atoms with Crippen molar-refractivity contribution in [2.45, 2.75) is 25.9 Å². The fraction of sp³-hybridized carbons (Fsp3) is 0.160. The third kappa shape index (κ3) is 3.91. The molecule has 6 rings (SSSR count). The lowest BCUT2D eigenvalue weighted by molar-refractivity contribution is 0.370. The standard InChI is InChI=1S/C25H18F2N4OS2/c1-14(26)23-30-31-12-20(29-25(31)34-23)22-11-19-16(9-17(27)10-21(19)32-22)7-8-18-13-33-24(28-18)15-5-3-2-4-6-15/h2-6,9-14H,7-8H2,1H3/t14-/m0/s1. The minimum absolute atomic E-state index is 0.347. The lowest BCUT2D eigenvalue weighted by Crippen LogP contribution is -1.93. The van der Waals surface area contributed by atoms with Crippen molar-refractivity contribution in [3.05, 3.63) is 82.2 Å². The molecule has 2 aromatic carbocycles. The maximum atomic E-state index is 14.4. The van der Waals surface area contributed by atoms with Gasteiger partial charge in [0.1, 0.15) is 22.1 Å². The predicted octanol–water partition coefficient (Wildman–Crippen LogP) is 7.28. The molecule has 5 nitrogen and oxygen atoms in total. The van der Waals surface area contributed by atoms with Gasteiger partial charge in [-0.2, -0.15) is 5.10 Å². The number of imidazole rings is 1. The summed E-state index contributed by atoms with van der Waals surface area (Å²) < 4.78 is 35.4. The molecule has 0 radical (unpaired) electrons. The van der Waals surface area contributed by atoms with Gasteiger partial charge in [0.2, 0.25) is 4.96 Å². The van der Waals surface area contributed by atoms with E-state index < -0.39 is 6.17 Å². The number of aromatic nitrogens is 4. The Balaban J connectivity index is 1.28. The van der Waals surface area contributed by atoms with Crippen LogP contribution < -0.4 is 0 Å². The highest BCUT2D eigenvalue weighted by atomic mass is 32.1. The normalized spacial score (nSPS) is 12.7. The van der Waals surface area contributed by atoms with Gasteiger partial charge in [-0.3, -0.25) is 0 Å². The van der Waals surface area contributed by atoms with Gasteiger partial charge in [-0.05, 0) is 37.5 Å². The maximum Gasteiger partial charge on any atom is 0.212 e. The summed E-state index contributed by atoms with van der Waals surface area (Å²) in [6.45, 7) is 1.45. The molecule has 4 heterocycles. The van der Waals surface area contributed by atoms with E-state index in [-0.39, 0.29) is 5.82 Å². The van der Waals surface area contributed by atoms with Gasteiger partial charge in [-0.1, -0.05) is 41.7 Å². The topological polar surface area (TPSA) is 56.2 Å². The zero-order valence-electron chi connectivity index (χ0n) is 18.0. The molecule has 34 heavy (non-hydrogen) atoms. The third-order valence-electron chi connectivity index (χ3n) is 5.56. The van der Waals surface area contributed by atoms with Crippen LogP contribution in [0.4, 0.5) is 8.78 Å². The first-order valence-corrected chi connectivity index (χ1v) is 12.5. The van der Waals surface area contributed by atoms with E-state index in [1.54, 1.807) is 28.1 Å². The van der Waals surface area contributed by atoms with Crippen molar-refractivity contribution in [1.82, 2.24) is 19.6 Å². The average molecular weight is 493 g/mol. The van der Waals surface area contributed by atoms with Crippen molar-refractivity contribution < 1.29 is 13.2 Å².